The van der Waals surface area contributed by atoms with Crippen molar-refractivity contribution in [2.45, 2.75) is 25.9 Å². The van der Waals surface area contributed by atoms with Crippen LogP contribution in [0.5, 0.6) is 11.5 Å². The van der Waals surface area contributed by atoms with Gasteiger partial charge in [0.1, 0.15) is 11.5 Å². The fraction of sp³-hybridized carbons (Fsp3) is 0.588. The second-order valence-corrected chi connectivity index (χ2v) is 6.06. The van der Waals surface area contributed by atoms with Crippen LogP contribution in [-0.2, 0) is 11.3 Å². The third-order valence-electron chi connectivity index (χ3n) is 4.04. The van der Waals surface area contributed by atoms with Crippen molar-refractivity contribution in [2.75, 3.05) is 40.4 Å². The smallest absolute Gasteiger partial charge is 0.224 e. The minimum atomic E-state index is -0.0789. The van der Waals surface area contributed by atoms with Crippen LogP contribution in [-0.4, -0.2) is 62.1 Å². The quantitative estimate of drug-likeness (QED) is 0.799. The molecule has 8 heteroatoms. The number of piperazine rings is 1. The van der Waals surface area contributed by atoms with E-state index >= 15 is 0 Å². The molecule has 1 saturated heterocycles. The highest BCUT2D eigenvalue weighted by atomic mass is 35.5. The maximum Gasteiger partial charge on any atom is 0.224 e. The summed E-state index contributed by atoms with van der Waals surface area (Å²) in [6.07, 6.45) is 0.424. The SMILES string of the molecule is COc1cc(CN2CCN(C(=O)CC(C)N)CC2)cc(OC)c1.Cl.Cl. The Balaban J connectivity index is 0.00000288. The molecule has 2 rings (SSSR count). The van der Waals surface area contributed by atoms with Gasteiger partial charge in [0.15, 0.2) is 0 Å². The molecule has 1 aliphatic heterocycles. The summed E-state index contributed by atoms with van der Waals surface area (Å²) in [4.78, 5) is 16.3. The normalized spacial score (nSPS) is 15.6. The first-order chi connectivity index (χ1) is 11.0. The molecule has 1 aromatic carbocycles. The van der Waals surface area contributed by atoms with Crippen LogP contribution >= 0.6 is 24.8 Å². The number of hydrogen-bond donors (Lipinski definition) is 1. The maximum atomic E-state index is 12.0. The summed E-state index contributed by atoms with van der Waals surface area (Å²) < 4.78 is 10.6. The highest BCUT2D eigenvalue weighted by Gasteiger charge is 2.21. The minimum Gasteiger partial charge on any atom is -0.497 e. The average molecular weight is 394 g/mol. The van der Waals surface area contributed by atoms with Gasteiger partial charge in [0, 0.05) is 51.3 Å². The first-order valence-corrected chi connectivity index (χ1v) is 7.99. The fourth-order valence-electron chi connectivity index (χ4n) is 2.78. The topological polar surface area (TPSA) is 68.0 Å². The molecule has 1 aliphatic rings. The van der Waals surface area contributed by atoms with Gasteiger partial charge in [-0.25, -0.2) is 0 Å². The van der Waals surface area contributed by atoms with Crippen molar-refractivity contribution in [2.24, 2.45) is 5.73 Å². The molecule has 6 nitrogen and oxygen atoms in total. The van der Waals surface area contributed by atoms with Crippen LogP contribution < -0.4 is 15.2 Å². The molecule has 0 saturated carbocycles. The monoisotopic (exact) mass is 393 g/mol. The van der Waals surface area contributed by atoms with Crippen molar-refractivity contribution in [3.05, 3.63) is 23.8 Å². The van der Waals surface area contributed by atoms with Gasteiger partial charge in [-0.2, -0.15) is 0 Å². The Morgan fingerprint density at radius 2 is 1.60 bits per heavy atom. The van der Waals surface area contributed by atoms with Crippen LogP contribution in [0.2, 0.25) is 0 Å². The average Bonchev–Trinajstić information content (AvgIpc) is 2.54. The van der Waals surface area contributed by atoms with Gasteiger partial charge in [-0.1, -0.05) is 0 Å². The van der Waals surface area contributed by atoms with E-state index in [0.717, 1.165) is 49.8 Å². The molecule has 1 amide bonds. The maximum absolute atomic E-state index is 12.0. The number of ether oxygens (including phenoxy) is 2. The summed E-state index contributed by atoms with van der Waals surface area (Å²) in [7, 11) is 3.31. The van der Waals surface area contributed by atoms with Crippen molar-refractivity contribution in [1.29, 1.82) is 0 Å². The van der Waals surface area contributed by atoms with E-state index in [1.807, 2.05) is 30.0 Å². The highest BCUT2D eigenvalue weighted by Crippen LogP contribution is 2.23. The molecule has 1 fully saturated rings. The third-order valence-corrected chi connectivity index (χ3v) is 4.04. The van der Waals surface area contributed by atoms with Gasteiger partial charge in [-0.15, -0.1) is 24.8 Å². The summed E-state index contributed by atoms with van der Waals surface area (Å²) in [6, 6.07) is 5.84. The largest absolute Gasteiger partial charge is 0.497 e. The van der Waals surface area contributed by atoms with Gasteiger partial charge in [0.25, 0.3) is 0 Å². The van der Waals surface area contributed by atoms with E-state index in [1.165, 1.54) is 0 Å². The van der Waals surface area contributed by atoms with E-state index in [9.17, 15) is 4.79 Å². The van der Waals surface area contributed by atoms with Crippen LogP contribution in [0.25, 0.3) is 0 Å². The van der Waals surface area contributed by atoms with Crippen molar-refractivity contribution in [1.82, 2.24) is 9.80 Å². The van der Waals surface area contributed by atoms with Crippen LogP contribution in [0.1, 0.15) is 18.9 Å². The summed E-state index contributed by atoms with van der Waals surface area (Å²) in [6.45, 7) is 5.93. The molecular formula is C17H29Cl2N3O3. The minimum absolute atomic E-state index is 0. The Hall–Kier alpha value is -1.21. The van der Waals surface area contributed by atoms with E-state index in [4.69, 9.17) is 15.2 Å². The van der Waals surface area contributed by atoms with Gasteiger partial charge in [0.2, 0.25) is 5.91 Å². The van der Waals surface area contributed by atoms with Crippen LogP contribution in [0.3, 0.4) is 0 Å². The number of rotatable bonds is 6. The molecule has 0 aromatic heterocycles. The number of carbonyl (C=O) groups excluding carboxylic acids is 1. The second kappa shape index (κ2) is 11.4. The molecule has 0 aliphatic carbocycles. The predicted octanol–water partition coefficient (Wildman–Crippen LogP) is 1.93. The predicted molar refractivity (Wildman–Crippen MR) is 104 cm³/mol. The molecule has 0 bridgehead atoms. The lowest BCUT2D eigenvalue weighted by molar-refractivity contribution is -0.133. The number of hydrogen-bond acceptors (Lipinski definition) is 5. The van der Waals surface area contributed by atoms with E-state index in [-0.39, 0.29) is 36.8 Å². The van der Waals surface area contributed by atoms with E-state index in [1.54, 1.807) is 14.2 Å². The second-order valence-electron chi connectivity index (χ2n) is 6.06. The standard InChI is InChI=1S/C17H27N3O3.2ClH/c1-13(18)8-17(21)20-6-4-19(5-7-20)12-14-9-15(22-2)11-16(10-14)23-3;;/h9-11,13H,4-8,12,18H2,1-3H3;2*1H. The Labute approximate surface area is 162 Å². The van der Waals surface area contributed by atoms with Crippen LogP contribution in [0.15, 0.2) is 18.2 Å². The van der Waals surface area contributed by atoms with Gasteiger partial charge in [-0.05, 0) is 24.6 Å². The Bertz CT molecular complexity index is 514. The molecule has 0 spiro atoms. The van der Waals surface area contributed by atoms with E-state index in [2.05, 4.69) is 4.90 Å². The molecule has 25 heavy (non-hydrogen) atoms. The number of amides is 1. The molecule has 1 heterocycles. The molecule has 2 N–H and O–H groups in total. The number of methoxy groups -OCH3 is 2. The van der Waals surface area contributed by atoms with Crippen LogP contribution in [0.4, 0.5) is 0 Å². The van der Waals surface area contributed by atoms with Crippen molar-refractivity contribution in [3.63, 3.8) is 0 Å². The molecule has 1 unspecified atom stereocenters. The molecule has 1 aromatic rings. The zero-order valence-corrected chi connectivity index (χ0v) is 16.7. The molecule has 1 atom stereocenters. The summed E-state index contributed by atoms with van der Waals surface area (Å²) in [5.74, 6) is 1.75. The Morgan fingerprint density at radius 1 is 1.08 bits per heavy atom. The number of halogens is 2. The molecule has 144 valence electrons. The summed E-state index contributed by atoms with van der Waals surface area (Å²) in [5.41, 5.74) is 6.85. The van der Waals surface area contributed by atoms with Crippen molar-refractivity contribution in [3.8, 4) is 11.5 Å². The summed E-state index contributed by atoms with van der Waals surface area (Å²) in [5, 5.41) is 0. The Kier molecular flexibility index (Phi) is 10.9. The van der Waals surface area contributed by atoms with Gasteiger partial charge in [-0.3, -0.25) is 9.69 Å². The highest BCUT2D eigenvalue weighted by molar-refractivity contribution is 5.85. The first-order valence-electron chi connectivity index (χ1n) is 7.99. The van der Waals surface area contributed by atoms with Crippen molar-refractivity contribution >= 4 is 30.7 Å². The molecule has 0 radical (unpaired) electrons. The Morgan fingerprint density at radius 3 is 2.04 bits per heavy atom. The van der Waals surface area contributed by atoms with E-state index < -0.39 is 0 Å². The van der Waals surface area contributed by atoms with Crippen molar-refractivity contribution < 1.29 is 14.3 Å². The third kappa shape index (κ3) is 7.28. The number of nitrogens with zero attached hydrogens (tertiary/aromatic N) is 2. The fourth-order valence-corrected chi connectivity index (χ4v) is 2.78. The summed E-state index contributed by atoms with van der Waals surface area (Å²) >= 11 is 0. The number of carbonyl (C=O) groups is 1. The number of nitrogens with two attached hydrogens (primary N) is 1. The first kappa shape index (κ1) is 23.8. The van der Waals surface area contributed by atoms with Crippen LogP contribution in [0, 0.1) is 0 Å². The van der Waals surface area contributed by atoms with Gasteiger partial charge in [0.05, 0.1) is 14.2 Å². The lowest BCUT2D eigenvalue weighted by Gasteiger charge is -2.35. The lowest BCUT2D eigenvalue weighted by atomic mass is 10.1. The lowest BCUT2D eigenvalue weighted by Crippen LogP contribution is -2.49. The van der Waals surface area contributed by atoms with Gasteiger partial charge < -0.3 is 20.1 Å². The van der Waals surface area contributed by atoms with E-state index in [0.29, 0.717) is 6.42 Å². The number of benzene rings is 1. The van der Waals surface area contributed by atoms with Gasteiger partial charge >= 0.3 is 0 Å². The zero-order chi connectivity index (χ0) is 16.8. The molecular weight excluding hydrogens is 365 g/mol. The zero-order valence-electron chi connectivity index (χ0n) is 15.1.